The molecule has 136 valence electrons. The van der Waals surface area contributed by atoms with Crippen LogP contribution in [-0.4, -0.2) is 67.0 Å². The average Bonchev–Trinajstić information content (AvgIpc) is 2.97. The largest absolute Gasteiger partial charge is 0.377 e. The van der Waals surface area contributed by atoms with E-state index in [9.17, 15) is 8.42 Å². The fraction of sp³-hybridized carbons (Fsp3) is 0.600. The summed E-state index contributed by atoms with van der Waals surface area (Å²) in [4.78, 5) is 7.64. The average molecular weight is 392 g/mol. The van der Waals surface area contributed by atoms with E-state index in [0.29, 0.717) is 6.26 Å². The number of thioether (sulfide) groups is 1. The minimum absolute atomic E-state index is 0.108. The molecule has 1 atom stereocenters. The van der Waals surface area contributed by atoms with E-state index in [1.807, 2.05) is 30.1 Å². The molecule has 1 aliphatic heterocycles. The molecule has 2 N–H and O–H groups in total. The molecule has 0 spiro atoms. The van der Waals surface area contributed by atoms with Crippen LogP contribution in [0.1, 0.15) is 18.5 Å². The third-order valence-corrected chi connectivity index (χ3v) is 5.54. The number of pyridine rings is 1. The van der Waals surface area contributed by atoms with E-state index in [1.54, 1.807) is 0 Å². The highest BCUT2D eigenvalue weighted by Gasteiger charge is 2.41. The summed E-state index contributed by atoms with van der Waals surface area (Å²) in [6.07, 6.45) is 4.87. The van der Waals surface area contributed by atoms with Crippen LogP contribution in [-0.2, 0) is 14.9 Å². The molecular formula is C15H25N3O3S3. The number of thiocarbonyl (C=S) groups is 1. The summed E-state index contributed by atoms with van der Waals surface area (Å²) in [7, 11) is 0.479. The Hall–Kier alpha value is -0.740. The molecule has 0 radical (unpaired) electrons. The van der Waals surface area contributed by atoms with Gasteiger partial charge in [-0.2, -0.15) is 8.42 Å². The quantitative estimate of drug-likeness (QED) is 0.581. The normalized spacial score (nSPS) is 20.4. The first-order valence-corrected chi connectivity index (χ1v) is 10.8. The monoisotopic (exact) mass is 391 g/mol. The van der Waals surface area contributed by atoms with Gasteiger partial charge in [0.25, 0.3) is 10.1 Å². The minimum Gasteiger partial charge on any atom is -0.377 e. The Kier molecular flexibility index (Phi) is 8.58. The third kappa shape index (κ3) is 7.43. The van der Waals surface area contributed by atoms with Crippen LogP contribution in [0, 0.1) is 0 Å². The van der Waals surface area contributed by atoms with Crippen molar-refractivity contribution < 1.29 is 13.0 Å². The van der Waals surface area contributed by atoms with E-state index in [4.69, 9.17) is 16.8 Å². The van der Waals surface area contributed by atoms with Gasteiger partial charge in [0.15, 0.2) is 0 Å². The SMILES string of the molecule is CN(C)CCNC(=S)C1(c2ccccn2)CCCS1.CS(=O)(=O)O. The maximum absolute atomic E-state index is 9.19. The van der Waals surface area contributed by atoms with Crippen molar-refractivity contribution >= 4 is 39.1 Å². The van der Waals surface area contributed by atoms with Crippen molar-refractivity contribution in [2.75, 3.05) is 39.2 Å². The molecule has 1 aromatic rings. The lowest BCUT2D eigenvalue weighted by Gasteiger charge is -2.29. The second-order valence-corrected chi connectivity index (χ2v) is 9.05. The van der Waals surface area contributed by atoms with Gasteiger partial charge < -0.3 is 10.2 Å². The third-order valence-electron chi connectivity index (χ3n) is 3.31. The summed E-state index contributed by atoms with van der Waals surface area (Å²) in [5.74, 6) is 1.16. The number of hydrogen-bond acceptors (Lipinski definition) is 6. The zero-order valence-corrected chi connectivity index (χ0v) is 16.7. The summed E-state index contributed by atoms with van der Waals surface area (Å²) < 4.78 is 25.8. The number of nitrogens with zero attached hydrogens (tertiary/aromatic N) is 2. The van der Waals surface area contributed by atoms with Crippen molar-refractivity contribution in [2.24, 2.45) is 0 Å². The second kappa shape index (κ2) is 9.67. The highest BCUT2D eigenvalue weighted by Crippen LogP contribution is 2.46. The van der Waals surface area contributed by atoms with E-state index >= 15 is 0 Å². The van der Waals surface area contributed by atoms with Gasteiger partial charge in [-0.15, -0.1) is 11.8 Å². The van der Waals surface area contributed by atoms with Crippen molar-refractivity contribution in [2.45, 2.75) is 17.6 Å². The molecule has 0 aliphatic carbocycles. The number of likely N-dealkylation sites (N-methyl/N-ethyl adjacent to an activating group) is 1. The maximum atomic E-state index is 9.19. The first kappa shape index (κ1) is 21.3. The number of hydrogen-bond donors (Lipinski definition) is 2. The Labute approximate surface area is 154 Å². The van der Waals surface area contributed by atoms with Gasteiger partial charge in [-0.05, 0) is 44.8 Å². The predicted octanol–water partition coefficient (Wildman–Crippen LogP) is 1.79. The van der Waals surface area contributed by atoms with E-state index in [1.165, 1.54) is 6.42 Å². The number of rotatable bonds is 5. The molecule has 2 rings (SSSR count). The first-order chi connectivity index (χ1) is 11.1. The highest BCUT2D eigenvalue weighted by atomic mass is 32.2. The van der Waals surface area contributed by atoms with Gasteiger partial charge in [0.1, 0.15) is 4.75 Å². The van der Waals surface area contributed by atoms with Crippen LogP contribution < -0.4 is 5.32 Å². The van der Waals surface area contributed by atoms with Crippen LogP contribution >= 0.6 is 24.0 Å². The lowest BCUT2D eigenvalue weighted by atomic mass is 9.98. The summed E-state index contributed by atoms with van der Waals surface area (Å²) in [6, 6.07) is 6.10. The van der Waals surface area contributed by atoms with Crippen LogP contribution in [0.15, 0.2) is 24.4 Å². The Morgan fingerprint density at radius 3 is 2.62 bits per heavy atom. The Morgan fingerprint density at radius 1 is 1.50 bits per heavy atom. The summed E-state index contributed by atoms with van der Waals surface area (Å²) >= 11 is 7.60. The van der Waals surface area contributed by atoms with Crippen LogP contribution in [0.4, 0.5) is 0 Å². The molecule has 2 heterocycles. The Balaban J connectivity index is 0.000000505. The highest BCUT2D eigenvalue weighted by molar-refractivity contribution is 8.02. The van der Waals surface area contributed by atoms with Gasteiger partial charge in [0, 0.05) is 19.3 Å². The molecule has 1 fully saturated rings. The zero-order chi connectivity index (χ0) is 18.2. The lowest BCUT2D eigenvalue weighted by molar-refractivity contribution is 0.412. The summed E-state index contributed by atoms with van der Waals surface area (Å²) in [5, 5.41) is 3.42. The molecule has 0 amide bonds. The molecule has 0 bridgehead atoms. The summed E-state index contributed by atoms with van der Waals surface area (Å²) in [5.41, 5.74) is 1.10. The maximum Gasteiger partial charge on any atom is 0.261 e. The van der Waals surface area contributed by atoms with Gasteiger partial charge in [-0.25, -0.2) is 0 Å². The van der Waals surface area contributed by atoms with Crippen LogP contribution in [0.5, 0.6) is 0 Å². The standard InChI is InChI=1S/C14H21N3S2.CH4O3S/c1-17(2)10-9-16-13(18)14(7-5-11-19-14)12-6-3-4-8-15-12;1-5(2,3)4/h3-4,6,8H,5,7,9-11H2,1-2H3,(H,16,18);1H3,(H,2,3,4). The van der Waals surface area contributed by atoms with Gasteiger partial charge in [-0.3, -0.25) is 9.54 Å². The number of nitrogens with one attached hydrogen (secondary N) is 1. The molecule has 1 aromatic heterocycles. The number of aromatic nitrogens is 1. The van der Waals surface area contributed by atoms with Crippen LogP contribution in [0.3, 0.4) is 0 Å². The Morgan fingerprint density at radius 2 is 2.17 bits per heavy atom. The molecule has 1 saturated heterocycles. The van der Waals surface area contributed by atoms with E-state index in [2.05, 4.69) is 35.4 Å². The van der Waals surface area contributed by atoms with Crippen molar-refractivity contribution in [3.8, 4) is 0 Å². The molecular weight excluding hydrogens is 366 g/mol. The molecule has 24 heavy (non-hydrogen) atoms. The molecule has 1 unspecified atom stereocenters. The minimum atomic E-state index is -3.67. The molecule has 9 heteroatoms. The van der Waals surface area contributed by atoms with E-state index < -0.39 is 10.1 Å². The van der Waals surface area contributed by atoms with E-state index in [0.717, 1.165) is 35.9 Å². The summed E-state index contributed by atoms with van der Waals surface area (Å²) in [6.45, 7) is 1.88. The van der Waals surface area contributed by atoms with Gasteiger partial charge in [-0.1, -0.05) is 18.3 Å². The van der Waals surface area contributed by atoms with E-state index in [-0.39, 0.29) is 4.75 Å². The van der Waals surface area contributed by atoms with Crippen molar-refractivity contribution in [1.82, 2.24) is 15.2 Å². The Bertz CT molecular complexity index is 607. The molecule has 0 aromatic carbocycles. The predicted molar refractivity (Wildman–Crippen MR) is 104 cm³/mol. The van der Waals surface area contributed by atoms with Crippen molar-refractivity contribution in [3.05, 3.63) is 30.1 Å². The zero-order valence-electron chi connectivity index (χ0n) is 14.2. The van der Waals surface area contributed by atoms with Gasteiger partial charge >= 0.3 is 0 Å². The van der Waals surface area contributed by atoms with Crippen LogP contribution in [0.2, 0.25) is 0 Å². The second-order valence-electron chi connectivity index (χ2n) is 5.79. The van der Waals surface area contributed by atoms with Crippen molar-refractivity contribution in [3.63, 3.8) is 0 Å². The fourth-order valence-corrected chi connectivity index (χ4v) is 4.16. The van der Waals surface area contributed by atoms with Crippen LogP contribution in [0.25, 0.3) is 0 Å². The molecule has 6 nitrogen and oxygen atoms in total. The fourth-order valence-electron chi connectivity index (χ4n) is 2.27. The van der Waals surface area contributed by atoms with Crippen molar-refractivity contribution in [1.29, 1.82) is 0 Å². The topological polar surface area (TPSA) is 82.5 Å². The van der Waals surface area contributed by atoms with Gasteiger partial charge in [0.05, 0.1) is 16.9 Å². The first-order valence-electron chi connectivity index (χ1n) is 7.56. The molecule has 1 aliphatic rings. The van der Waals surface area contributed by atoms with Gasteiger partial charge in [0.2, 0.25) is 0 Å². The lowest BCUT2D eigenvalue weighted by Crippen LogP contribution is -2.42. The molecule has 0 saturated carbocycles. The smallest absolute Gasteiger partial charge is 0.261 e.